The van der Waals surface area contributed by atoms with Gasteiger partial charge in [-0.2, -0.15) is 0 Å². The summed E-state index contributed by atoms with van der Waals surface area (Å²) in [6, 6.07) is 27.6. The predicted molar refractivity (Wildman–Crippen MR) is 150 cm³/mol. The zero-order valence-electron chi connectivity index (χ0n) is 21.7. The SMILES string of the molecule is COC[C@@H](CC(=O)c1ccc(-c2ccccc2-c2nc3ccc(OC)cc3[nH]2)c(C(=O)O)c1)c1ccccc1. The van der Waals surface area contributed by atoms with Crippen molar-refractivity contribution in [2.75, 3.05) is 20.8 Å². The van der Waals surface area contributed by atoms with Crippen LogP contribution in [0.4, 0.5) is 0 Å². The maximum absolute atomic E-state index is 13.3. The van der Waals surface area contributed by atoms with Crippen LogP contribution in [0.15, 0.2) is 91.0 Å². The second-order valence-corrected chi connectivity index (χ2v) is 9.27. The number of nitrogens with one attached hydrogen (secondary N) is 1. The summed E-state index contributed by atoms with van der Waals surface area (Å²) in [6.07, 6.45) is 0.204. The third-order valence-corrected chi connectivity index (χ3v) is 6.80. The highest BCUT2D eigenvalue weighted by molar-refractivity contribution is 6.04. The average Bonchev–Trinajstić information content (AvgIpc) is 3.40. The molecule has 1 atom stereocenters. The number of rotatable bonds is 10. The van der Waals surface area contributed by atoms with Crippen LogP contribution in [-0.2, 0) is 4.74 Å². The van der Waals surface area contributed by atoms with E-state index >= 15 is 0 Å². The fourth-order valence-electron chi connectivity index (χ4n) is 4.84. The Hall–Kier alpha value is -4.75. The number of fused-ring (bicyclic) bond motifs is 1. The Labute approximate surface area is 226 Å². The molecule has 0 saturated carbocycles. The molecule has 0 spiro atoms. The molecule has 2 N–H and O–H groups in total. The molecule has 196 valence electrons. The van der Waals surface area contributed by atoms with Crippen LogP contribution in [0.5, 0.6) is 5.75 Å². The van der Waals surface area contributed by atoms with E-state index in [2.05, 4.69) is 4.98 Å². The van der Waals surface area contributed by atoms with Crippen molar-refractivity contribution in [3.8, 4) is 28.3 Å². The van der Waals surface area contributed by atoms with Crippen LogP contribution in [-0.4, -0.2) is 47.7 Å². The highest BCUT2D eigenvalue weighted by atomic mass is 16.5. The van der Waals surface area contributed by atoms with Crippen LogP contribution < -0.4 is 4.74 Å². The standard InChI is InChI=1S/C32H28N2O5/c1-38-19-22(20-8-4-3-5-9-20)17-30(35)21-12-14-25(27(16-21)32(36)37)24-10-6-7-11-26(24)31-33-28-15-13-23(39-2)18-29(28)34-31/h3-16,18,22H,17,19H2,1-2H3,(H,33,34)(H,36,37)/t22-/m1/s1. The van der Waals surface area contributed by atoms with Gasteiger partial charge in [0.2, 0.25) is 0 Å². The van der Waals surface area contributed by atoms with Gasteiger partial charge < -0.3 is 19.6 Å². The maximum atomic E-state index is 13.3. The summed E-state index contributed by atoms with van der Waals surface area (Å²) in [7, 11) is 3.21. The number of methoxy groups -OCH3 is 2. The van der Waals surface area contributed by atoms with Crippen molar-refractivity contribution >= 4 is 22.8 Å². The lowest BCUT2D eigenvalue weighted by Gasteiger charge is -2.17. The molecule has 0 fully saturated rings. The minimum Gasteiger partial charge on any atom is -0.497 e. The zero-order valence-corrected chi connectivity index (χ0v) is 21.7. The van der Waals surface area contributed by atoms with E-state index < -0.39 is 5.97 Å². The van der Waals surface area contributed by atoms with Gasteiger partial charge in [0, 0.05) is 36.6 Å². The molecule has 7 heteroatoms. The lowest BCUT2D eigenvalue weighted by molar-refractivity contribution is 0.0697. The van der Waals surface area contributed by atoms with Crippen molar-refractivity contribution in [2.24, 2.45) is 0 Å². The first-order chi connectivity index (χ1) is 19.0. The van der Waals surface area contributed by atoms with E-state index in [1.54, 1.807) is 26.4 Å². The number of carboxylic acid groups (broad SMARTS) is 1. The number of imidazole rings is 1. The van der Waals surface area contributed by atoms with E-state index in [0.29, 0.717) is 34.9 Å². The Balaban J connectivity index is 1.51. The normalized spacial score (nSPS) is 11.8. The molecule has 1 aromatic heterocycles. The van der Waals surface area contributed by atoms with E-state index in [1.807, 2.05) is 72.8 Å². The van der Waals surface area contributed by atoms with E-state index in [0.717, 1.165) is 22.2 Å². The van der Waals surface area contributed by atoms with E-state index in [9.17, 15) is 14.7 Å². The summed E-state index contributed by atoms with van der Waals surface area (Å²) in [5.41, 5.74) is 4.92. The predicted octanol–water partition coefficient (Wildman–Crippen LogP) is 6.61. The van der Waals surface area contributed by atoms with Crippen molar-refractivity contribution in [2.45, 2.75) is 12.3 Å². The second kappa shape index (κ2) is 11.3. The molecule has 7 nitrogen and oxygen atoms in total. The molecule has 0 bridgehead atoms. The van der Waals surface area contributed by atoms with Gasteiger partial charge in [-0.1, -0.05) is 66.7 Å². The quantitative estimate of drug-likeness (QED) is 0.201. The summed E-state index contributed by atoms with van der Waals surface area (Å²) in [6.45, 7) is 0.385. The number of nitrogens with zero attached hydrogens (tertiary/aromatic N) is 1. The minimum absolute atomic E-state index is 0.0501. The highest BCUT2D eigenvalue weighted by Crippen LogP contribution is 2.35. The molecule has 0 amide bonds. The smallest absolute Gasteiger partial charge is 0.336 e. The number of H-pyrrole nitrogens is 1. The number of carbonyl (C=O) groups is 2. The summed E-state index contributed by atoms with van der Waals surface area (Å²) in [4.78, 5) is 33.7. The van der Waals surface area contributed by atoms with Gasteiger partial charge in [0.25, 0.3) is 0 Å². The topological polar surface area (TPSA) is 102 Å². The van der Waals surface area contributed by atoms with E-state index in [4.69, 9.17) is 14.5 Å². The lowest BCUT2D eigenvalue weighted by Crippen LogP contribution is -2.13. The summed E-state index contributed by atoms with van der Waals surface area (Å²) in [5.74, 6) is -0.0751. The first-order valence-electron chi connectivity index (χ1n) is 12.6. The number of ketones is 1. The average molecular weight is 521 g/mol. The molecule has 0 radical (unpaired) electrons. The molecule has 5 aromatic rings. The number of hydrogen-bond acceptors (Lipinski definition) is 5. The van der Waals surface area contributed by atoms with Crippen molar-refractivity contribution in [1.82, 2.24) is 9.97 Å². The first-order valence-corrected chi connectivity index (χ1v) is 12.6. The molecule has 4 aromatic carbocycles. The number of carboxylic acids is 1. The van der Waals surface area contributed by atoms with Gasteiger partial charge in [-0.3, -0.25) is 4.79 Å². The van der Waals surface area contributed by atoms with Crippen molar-refractivity contribution in [1.29, 1.82) is 0 Å². The van der Waals surface area contributed by atoms with Gasteiger partial charge in [-0.05, 0) is 34.9 Å². The van der Waals surface area contributed by atoms with Gasteiger partial charge >= 0.3 is 5.97 Å². The molecule has 0 aliphatic carbocycles. The van der Waals surface area contributed by atoms with Crippen molar-refractivity contribution < 1.29 is 24.2 Å². The highest BCUT2D eigenvalue weighted by Gasteiger charge is 2.22. The number of benzene rings is 4. The first kappa shape index (κ1) is 25.9. The molecule has 0 aliphatic heterocycles. The monoisotopic (exact) mass is 520 g/mol. The second-order valence-electron chi connectivity index (χ2n) is 9.27. The summed E-state index contributed by atoms with van der Waals surface area (Å²) < 4.78 is 10.7. The van der Waals surface area contributed by atoms with Gasteiger partial charge in [0.05, 0.1) is 30.3 Å². The fraction of sp³-hybridized carbons (Fsp3) is 0.156. The van der Waals surface area contributed by atoms with Gasteiger partial charge in [-0.25, -0.2) is 9.78 Å². The molecule has 0 saturated heterocycles. The Morgan fingerprint density at radius 3 is 2.33 bits per heavy atom. The number of aromatic nitrogens is 2. The van der Waals surface area contributed by atoms with Crippen molar-refractivity contribution in [3.63, 3.8) is 0 Å². The number of Topliss-reactive ketones (excluding diaryl/α,β-unsaturated/α-hetero) is 1. The van der Waals surface area contributed by atoms with Crippen LogP contribution >= 0.6 is 0 Å². The largest absolute Gasteiger partial charge is 0.497 e. The third kappa shape index (κ3) is 5.44. The van der Waals surface area contributed by atoms with Gasteiger partial charge in [0.1, 0.15) is 11.6 Å². The van der Waals surface area contributed by atoms with E-state index in [1.165, 1.54) is 6.07 Å². The molecule has 5 rings (SSSR count). The van der Waals surface area contributed by atoms with Crippen LogP contribution in [0, 0.1) is 0 Å². The fourth-order valence-corrected chi connectivity index (χ4v) is 4.84. The third-order valence-electron chi connectivity index (χ3n) is 6.80. The van der Waals surface area contributed by atoms with Gasteiger partial charge in [0.15, 0.2) is 5.78 Å². The molecular formula is C32H28N2O5. The minimum atomic E-state index is -1.11. The molecule has 1 heterocycles. The zero-order chi connectivity index (χ0) is 27.4. The maximum Gasteiger partial charge on any atom is 0.336 e. The van der Waals surface area contributed by atoms with Crippen LogP contribution in [0.3, 0.4) is 0 Å². The van der Waals surface area contributed by atoms with Crippen LogP contribution in [0.25, 0.3) is 33.5 Å². The Bertz CT molecular complexity index is 1640. The molecule has 0 unspecified atom stereocenters. The van der Waals surface area contributed by atoms with Crippen molar-refractivity contribution in [3.05, 3.63) is 108 Å². The Morgan fingerprint density at radius 1 is 0.872 bits per heavy atom. The molecule has 0 aliphatic rings. The molecular weight excluding hydrogens is 492 g/mol. The van der Waals surface area contributed by atoms with E-state index in [-0.39, 0.29) is 23.7 Å². The molecule has 39 heavy (non-hydrogen) atoms. The lowest BCUT2D eigenvalue weighted by atomic mass is 9.89. The number of carbonyl (C=O) groups excluding carboxylic acids is 1. The number of hydrogen-bond donors (Lipinski definition) is 2. The number of aromatic carboxylic acids is 1. The number of aromatic amines is 1. The Morgan fingerprint density at radius 2 is 1.62 bits per heavy atom. The number of ether oxygens (including phenoxy) is 2. The Kier molecular flexibility index (Phi) is 7.52. The summed E-state index contributed by atoms with van der Waals surface area (Å²) in [5, 5.41) is 10.1. The summed E-state index contributed by atoms with van der Waals surface area (Å²) >= 11 is 0. The van der Waals surface area contributed by atoms with Gasteiger partial charge in [-0.15, -0.1) is 0 Å². The van der Waals surface area contributed by atoms with Crippen LogP contribution in [0.1, 0.15) is 38.6 Å². The van der Waals surface area contributed by atoms with Crippen LogP contribution in [0.2, 0.25) is 0 Å².